The van der Waals surface area contributed by atoms with Gasteiger partial charge in [-0.3, -0.25) is 0 Å². The zero-order valence-electron chi connectivity index (χ0n) is 6.84. The Morgan fingerprint density at radius 3 is 1.57 bits per heavy atom. The van der Waals surface area contributed by atoms with Crippen LogP contribution in [0.3, 0.4) is 0 Å². The van der Waals surface area contributed by atoms with Crippen molar-refractivity contribution in [3.05, 3.63) is 12.1 Å². The van der Waals surface area contributed by atoms with E-state index < -0.39 is 22.2 Å². The summed E-state index contributed by atoms with van der Waals surface area (Å²) < 4.78 is 39.0. The van der Waals surface area contributed by atoms with Crippen LogP contribution >= 0.6 is 0 Å². The van der Waals surface area contributed by atoms with E-state index in [1.165, 1.54) is 6.07 Å². The summed E-state index contributed by atoms with van der Waals surface area (Å²) >= 11 is -4.60. The molecule has 0 heterocycles. The van der Waals surface area contributed by atoms with Gasteiger partial charge in [-0.25, -0.2) is 8.42 Å². The van der Waals surface area contributed by atoms with Crippen molar-refractivity contribution >= 4 is 33.5 Å². The molecule has 0 bridgehead atoms. The SMILES string of the molecule is Nc1cc(N)c(S(=O)O)cc1S(=O)O. The van der Waals surface area contributed by atoms with Gasteiger partial charge in [0.05, 0.1) is 21.2 Å². The van der Waals surface area contributed by atoms with E-state index in [9.17, 15) is 8.42 Å². The van der Waals surface area contributed by atoms with E-state index in [-0.39, 0.29) is 21.2 Å². The third-order valence-corrected chi connectivity index (χ3v) is 2.98. The van der Waals surface area contributed by atoms with Gasteiger partial charge in [-0.1, -0.05) is 0 Å². The number of benzene rings is 1. The van der Waals surface area contributed by atoms with Crippen LogP contribution in [0.4, 0.5) is 11.4 Å². The Balaban J connectivity index is 3.42. The lowest BCUT2D eigenvalue weighted by atomic mass is 10.3. The summed E-state index contributed by atoms with van der Waals surface area (Å²) in [7, 11) is 0. The van der Waals surface area contributed by atoms with E-state index in [4.69, 9.17) is 20.6 Å². The van der Waals surface area contributed by atoms with Gasteiger partial charge >= 0.3 is 0 Å². The van der Waals surface area contributed by atoms with Crippen LogP contribution < -0.4 is 11.5 Å². The Labute approximate surface area is 84.9 Å². The Morgan fingerprint density at radius 2 is 1.29 bits per heavy atom. The number of anilines is 2. The van der Waals surface area contributed by atoms with Gasteiger partial charge in [-0.2, -0.15) is 0 Å². The van der Waals surface area contributed by atoms with Crippen molar-refractivity contribution in [3.8, 4) is 0 Å². The van der Waals surface area contributed by atoms with Gasteiger partial charge in [-0.05, 0) is 12.1 Å². The molecule has 0 spiro atoms. The lowest BCUT2D eigenvalue weighted by Crippen LogP contribution is -2.03. The van der Waals surface area contributed by atoms with E-state index in [0.29, 0.717) is 0 Å². The van der Waals surface area contributed by atoms with Crippen LogP contribution in [0, 0.1) is 0 Å². The minimum atomic E-state index is -2.30. The van der Waals surface area contributed by atoms with Crippen LogP contribution in [0.5, 0.6) is 0 Å². The third-order valence-electron chi connectivity index (χ3n) is 1.52. The molecule has 1 rings (SSSR count). The number of hydrogen-bond acceptors (Lipinski definition) is 4. The molecule has 0 radical (unpaired) electrons. The van der Waals surface area contributed by atoms with Crippen LogP contribution in [-0.2, 0) is 22.2 Å². The van der Waals surface area contributed by atoms with Crippen molar-refractivity contribution in [2.45, 2.75) is 9.79 Å². The smallest absolute Gasteiger partial charge is 0.188 e. The Hall–Kier alpha value is -0.960. The first-order valence-corrected chi connectivity index (χ1v) is 5.55. The summed E-state index contributed by atoms with van der Waals surface area (Å²) in [4.78, 5) is -0.256. The molecule has 14 heavy (non-hydrogen) atoms. The van der Waals surface area contributed by atoms with E-state index in [1.54, 1.807) is 0 Å². The van der Waals surface area contributed by atoms with Crippen molar-refractivity contribution in [1.29, 1.82) is 0 Å². The van der Waals surface area contributed by atoms with Gasteiger partial charge in [0.1, 0.15) is 0 Å². The first kappa shape index (κ1) is 11.1. The Morgan fingerprint density at radius 1 is 0.929 bits per heavy atom. The predicted octanol–water partition coefficient (Wildman–Crippen LogP) is 0.0122. The van der Waals surface area contributed by atoms with E-state index in [0.717, 1.165) is 6.07 Å². The fourth-order valence-corrected chi connectivity index (χ4v) is 1.93. The van der Waals surface area contributed by atoms with Crippen LogP contribution in [0.15, 0.2) is 21.9 Å². The first-order chi connectivity index (χ1) is 6.43. The van der Waals surface area contributed by atoms with Crippen molar-refractivity contribution in [2.24, 2.45) is 0 Å². The highest BCUT2D eigenvalue weighted by Crippen LogP contribution is 2.25. The fraction of sp³-hybridized carbons (Fsp3) is 0. The second-order valence-corrected chi connectivity index (χ2v) is 4.30. The molecule has 1 aromatic rings. The van der Waals surface area contributed by atoms with Gasteiger partial charge in [0, 0.05) is 0 Å². The Kier molecular flexibility index (Phi) is 3.21. The summed E-state index contributed by atoms with van der Waals surface area (Å²) in [5.41, 5.74) is 10.8. The quantitative estimate of drug-likeness (QED) is 0.423. The number of nitrogens with two attached hydrogens (primary N) is 2. The standard InChI is InChI=1S/C6H8N2O4S2/c7-3-1-4(8)6(14(11)12)2-5(3)13(9)10/h1-2H,7-8H2,(H,9,10)(H,11,12). The average molecular weight is 236 g/mol. The second-order valence-electron chi connectivity index (χ2n) is 2.43. The largest absolute Gasteiger partial charge is 0.398 e. The van der Waals surface area contributed by atoms with Crippen LogP contribution in [0.2, 0.25) is 0 Å². The van der Waals surface area contributed by atoms with Gasteiger partial charge < -0.3 is 20.6 Å². The maximum atomic E-state index is 10.7. The molecule has 0 aliphatic heterocycles. The van der Waals surface area contributed by atoms with Crippen molar-refractivity contribution in [2.75, 3.05) is 11.5 Å². The summed E-state index contributed by atoms with van der Waals surface area (Å²) in [6.07, 6.45) is 0. The molecule has 0 amide bonds. The van der Waals surface area contributed by atoms with E-state index >= 15 is 0 Å². The molecule has 0 saturated heterocycles. The maximum Gasteiger partial charge on any atom is 0.188 e. The van der Waals surface area contributed by atoms with Crippen molar-refractivity contribution < 1.29 is 17.5 Å². The highest BCUT2D eigenvalue weighted by molar-refractivity contribution is 7.80. The Bertz CT molecular complexity index is 385. The summed E-state index contributed by atoms with van der Waals surface area (Å²) in [6, 6.07) is 2.21. The molecule has 1 aromatic carbocycles. The van der Waals surface area contributed by atoms with Crippen LogP contribution in [-0.4, -0.2) is 17.5 Å². The monoisotopic (exact) mass is 236 g/mol. The highest BCUT2D eigenvalue weighted by Gasteiger charge is 2.13. The molecule has 0 saturated carbocycles. The lowest BCUT2D eigenvalue weighted by molar-refractivity contribution is 0.562. The lowest BCUT2D eigenvalue weighted by Gasteiger charge is -2.06. The van der Waals surface area contributed by atoms with Gasteiger partial charge in [0.2, 0.25) is 0 Å². The molecule has 2 unspecified atom stereocenters. The molecular formula is C6H8N2O4S2. The molecule has 8 heteroatoms. The molecule has 6 nitrogen and oxygen atoms in total. The summed E-state index contributed by atoms with van der Waals surface area (Å²) in [5, 5.41) is 0. The number of nitrogen functional groups attached to an aromatic ring is 2. The van der Waals surface area contributed by atoms with E-state index in [2.05, 4.69) is 0 Å². The maximum absolute atomic E-state index is 10.7. The predicted molar refractivity (Wildman–Crippen MR) is 53.3 cm³/mol. The topological polar surface area (TPSA) is 127 Å². The first-order valence-electron chi connectivity index (χ1n) is 3.34. The molecule has 0 fully saturated rings. The molecule has 78 valence electrons. The van der Waals surface area contributed by atoms with Crippen LogP contribution in [0.25, 0.3) is 0 Å². The average Bonchev–Trinajstić information content (AvgIpc) is 2.02. The zero-order chi connectivity index (χ0) is 10.9. The van der Waals surface area contributed by atoms with Crippen LogP contribution in [0.1, 0.15) is 0 Å². The molecule has 2 atom stereocenters. The minimum Gasteiger partial charge on any atom is -0.398 e. The number of hydrogen-bond donors (Lipinski definition) is 4. The third kappa shape index (κ3) is 2.10. The fourth-order valence-electron chi connectivity index (χ4n) is 0.898. The van der Waals surface area contributed by atoms with Crippen molar-refractivity contribution in [1.82, 2.24) is 0 Å². The van der Waals surface area contributed by atoms with E-state index in [1.807, 2.05) is 0 Å². The molecule has 0 aliphatic rings. The molecule has 0 aliphatic carbocycles. The second kappa shape index (κ2) is 4.05. The molecule has 0 aromatic heterocycles. The van der Waals surface area contributed by atoms with Crippen molar-refractivity contribution in [3.63, 3.8) is 0 Å². The summed E-state index contributed by atoms with van der Waals surface area (Å²) in [6.45, 7) is 0. The number of rotatable bonds is 2. The van der Waals surface area contributed by atoms with Gasteiger partial charge in [-0.15, -0.1) is 0 Å². The molecular weight excluding hydrogens is 228 g/mol. The van der Waals surface area contributed by atoms with Gasteiger partial charge in [0.25, 0.3) is 0 Å². The van der Waals surface area contributed by atoms with Gasteiger partial charge in [0.15, 0.2) is 22.2 Å². The zero-order valence-corrected chi connectivity index (χ0v) is 8.47. The minimum absolute atomic E-state index is 0.0116. The highest BCUT2D eigenvalue weighted by atomic mass is 32.2. The molecule has 6 N–H and O–H groups in total. The normalized spacial score (nSPS) is 15.0. The summed E-state index contributed by atoms with van der Waals surface area (Å²) in [5.74, 6) is 0.